The Kier molecular flexibility index (Phi) is 8.59. The van der Waals surface area contributed by atoms with Crippen molar-refractivity contribution in [3.63, 3.8) is 0 Å². The molecule has 0 bridgehead atoms. The quantitative estimate of drug-likeness (QED) is 0.300. The number of aryl methyl sites for hydroxylation is 1. The summed E-state index contributed by atoms with van der Waals surface area (Å²) in [5.74, 6) is -1.79. The maximum absolute atomic E-state index is 13.1. The number of hydrogen-bond acceptors (Lipinski definition) is 6. The number of nitrogens with zero attached hydrogens (tertiary/aromatic N) is 2. The number of aromatic nitrogens is 1. The predicted octanol–water partition coefficient (Wildman–Crippen LogP) is 3.78. The van der Waals surface area contributed by atoms with Crippen molar-refractivity contribution < 1.29 is 28.3 Å². The highest BCUT2D eigenvalue weighted by Crippen LogP contribution is 2.35. The van der Waals surface area contributed by atoms with Gasteiger partial charge in [0.15, 0.2) is 0 Å². The molecule has 0 saturated carbocycles. The lowest BCUT2D eigenvalue weighted by molar-refractivity contribution is -0.127. The Labute approximate surface area is 223 Å². The number of carbonyl (C=O) groups excluding carboxylic acids is 4. The van der Waals surface area contributed by atoms with Gasteiger partial charge in [-0.05, 0) is 54.1 Å². The molecule has 1 aromatic heterocycles. The van der Waals surface area contributed by atoms with Crippen LogP contribution in [0.3, 0.4) is 0 Å². The fourth-order valence-electron chi connectivity index (χ4n) is 4.15. The van der Waals surface area contributed by atoms with Crippen molar-refractivity contribution in [3.8, 4) is 0 Å². The van der Waals surface area contributed by atoms with Crippen LogP contribution in [0.1, 0.15) is 18.1 Å². The van der Waals surface area contributed by atoms with Gasteiger partial charge in [0, 0.05) is 36.5 Å². The van der Waals surface area contributed by atoms with Crippen molar-refractivity contribution in [2.24, 2.45) is 0 Å². The summed E-state index contributed by atoms with van der Waals surface area (Å²) in [5, 5.41) is 5.63. The lowest BCUT2D eigenvalue weighted by Gasteiger charge is -2.12. The van der Waals surface area contributed by atoms with Crippen molar-refractivity contribution in [1.82, 2.24) is 14.8 Å². The standard InChI is InChI=1S/C27H27FN4O5S/c1-3-17-5-4-6-21-18(14-31(25(17)21)15-23(33)29-11-12-37-2)13-22-26(35)32(27(36)38-22)16-24(34)30-20-9-7-19(28)8-10-20/h4-10,13-14H,3,11-12,15-16H2,1-2H3,(H,29,33)(H,30,34)/b22-13-. The molecule has 2 aromatic carbocycles. The van der Waals surface area contributed by atoms with Crippen molar-refractivity contribution in [3.05, 3.63) is 70.5 Å². The number of carbonyl (C=O) groups is 4. The molecule has 3 aromatic rings. The number of ether oxygens (including phenoxy) is 1. The molecule has 11 heteroatoms. The SMILES string of the molecule is CCc1cccc2c(/C=C3\SC(=O)N(CC(=O)Nc4ccc(F)cc4)C3=O)cn(CC(=O)NCCOC)c12. The maximum atomic E-state index is 13.1. The highest BCUT2D eigenvalue weighted by atomic mass is 32.2. The molecular formula is C27H27FN4O5S. The van der Waals surface area contributed by atoms with Crippen LogP contribution in [-0.2, 0) is 32.1 Å². The first-order chi connectivity index (χ1) is 18.3. The van der Waals surface area contributed by atoms with Gasteiger partial charge in [0.2, 0.25) is 11.8 Å². The number of anilines is 1. The average Bonchev–Trinajstić information content (AvgIpc) is 3.37. The lowest BCUT2D eigenvalue weighted by Crippen LogP contribution is -2.36. The molecule has 0 spiro atoms. The summed E-state index contributed by atoms with van der Waals surface area (Å²) in [6.45, 7) is 2.43. The minimum Gasteiger partial charge on any atom is -0.383 e. The molecule has 2 heterocycles. The summed E-state index contributed by atoms with van der Waals surface area (Å²) >= 11 is 0.749. The molecule has 38 heavy (non-hydrogen) atoms. The Bertz CT molecular complexity index is 1420. The molecular weight excluding hydrogens is 511 g/mol. The third kappa shape index (κ3) is 6.12. The maximum Gasteiger partial charge on any atom is 0.294 e. The van der Waals surface area contributed by atoms with Gasteiger partial charge >= 0.3 is 0 Å². The zero-order valence-corrected chi connectivity index (χ0v) is 21.8. The third-order valence-electron chi connectivity index (χ3n) is 5.93. The molecule has 1 aliphatic heterocycles. The average molecular weight is 539 g/mol. The fraction of sp³-hybridized carbons (Fsp3) is 0.259. The van der Waals surface area contributed by atoms with Gasteiger partial charge < -0.3 is 19.9 Å². The van der Waals surface area contributed by atoms with Gasteiger partial charge in [-0.1, -0.05) is 25.1 Å². The summed E-state index contributed by atoms with van der Waals surface area (Å²) < 4.78 is 19.9. The number of benzene rings is 2. The van der Waals surface area contributed by atoms with Crippen LogP contribution in [0.15, 0.2) is 53.6 Å². The molecule has 4 rings (SSSR count). The number of halogens is 1. The second-order valence-electron chi connectivity index (χ2n) is 8.54. The van der Waals surface area contributed by atoms with E-state index in [9.17, 15) is 23.6 Å². The number of hydrogen-bond donors (Lipinski definition) is 2. The molecule has 198 valence electrons. The molecule has 2 N–H and O–H groups in total. The van der Waals surface area contributed by atoms with Crippen molar-refractivity contribution in [2.45, 2.75) is 19.9 Å². The van der Waals surface area contributed by atoms with Crippen LogP contribution >= 0.6 is 11.8 Å². The van der Waals surface area contributed by atoms with Crippen molar-refractivity contribution in [1.29, 1.82) is 0 Å². The van der Waals surface area contributed by atoms with Crippen molar-refractivity contribution in [2.75, 3.05) is 32.1 Å². The second kappa shape index (κ2) is 12.1. The van der Waals surface area contributed by atoms with Crippen LogP contribution in [0.4, 0.5) is 14.9 Å². The number of imide groups is 1. The van der Waals surface area contributed by atoms with E-state index < -0.39 is 29.4 Å². The number of para-hydroxylation sites is 1. The van der Waals surface area contributed by atoms with E-state index in [1.165, 1.54) is 24.3 Å². The van der Waals surface area contributed by atoms with E-state index in [-0.39, 0.29) is 17.4 Å². The topological polar surface area (TPSA) is 110 Å². The number of amides is 4. The Balaban J connectivity index is 1.56. The zero-order valence-electron chi connectivity index (χ0n) is 21.0. The number of nitrogens with one attached hydrogen (secondary N) is 2. The highest BCUT2D eigenvalue weighted by Gasteiger charge is 2.36. The van der Waals surface area contributed by atoms with E-state index in [0.717, 1.165) is 39.5 Å². The first-order valence-corrected chi connectivity index (χ1v) is 12.8. The number of thioether (sulfide) groups is 1. The van der Waals surface area contributed by atoms with Crippen molar-refractivity contribution >= 4 is 57.4 Å². The molecule has 0 aliphatic carbocycles. The summed E-state index contributed by atoms with van der Waals surface area (Å²) in [6.07, 6.45) is 4.14. The van der Waals surface area contributed by atoms with E-state index in [4.69, 9.17) is 4.74 Å². The van der Waals surface area contributed by atoms with Crippen LogP contribution in [0.5, 0.6) is 0 Å². The summed E-state index contributed by atoms with van der Waals surface area (Å²) in [6, 6.07) is 11.0. The van der Waals surface area contributed by atoms with Crippen LogP contribution in [0.2, 0.25) is 0 Å². The first kappa shape index (κ1) is 27.1. The van der Waals surface area contributed by atoms with E-state index in [2.05, 4.69) is 10.6 Å². The Morgan fingerprint density at radius 2 is 1.84 bits per heavy atom. The fourth-order valence-corrected chi connectivity index (χ4v) is 4.98. The summed E-state index contributed by atoms with van der Waals surface area (Å²) in [5.41, 5.74) is 2.95. The normalized spacial score (nSPS) is 14.5. The smallest absolute Gasteiger partial charge is 0.294 e. The van der Waals surface area contributed by atoms with Gasteiger partial charge in [-0.15, -0.1) is 0 Å². The van der Waals surface area contributed by atoms with Gasteiger partial charge in [-0.25, -0.2) is 4.39 Å². The van der Waals surface area contributed by atoms with Gasteiger partial charge in [0.25, 0.3) is 11.1 Å². The minimum atomic E-state index is -0.584. The molecule has 4 amide bonds. The van der Waals surface area contributed by atoms with E-state index in [1.54, 1.807) is 19.4 Å². The Morgan fingerprint density at radius 3 is 2.55 bits per heavy atom. The monoisotopic (exact) mass is 538 g/mol. The number of fused-ring (bicyclic) bond motifs is 1. The molecule has 0 unspecified atom stereocenters. The van der Waals surface area contributed by atoms with Crippen LogP contribution < -0.4 is 10.6 Å². The van der Waals surface area contributed by atoms with Crippen LogP contribution in [0.25, 0.3) is 17.0 Å². The Morgan fingerprint density at radius 1 is 1.08 bits per heavy atom. The highest BCUT2D eigenvalue weighted by molar-refractivity contribution is 8.18. The third-order valence-corrected chi connectivity index (χ3v) is 6.83. The largest absolute Gasteiger partial charge is 0.383 e. The Hall–Kier alpha value is -3.96. The molecule has 1 fully saturated rings. The lowest BCUT2D eigenvalue weighted by atomic mass is 10.1. The van der Waals surface area contributed by atoms with E-state index >= 15 is 0 Å². The zero-order chi connectivity index (χ0) is 27.2. The first-order valence-electron chi connectivity index (χ1n) is 12.0. The minimum absolute atomic E-state index is 0.0795. The predicted molar refractivity (Wildman–Crippen MR) is 144 cm³/mol. The molecule has 0 radical (unpaired) electrons. The van der Waals surface area contributed by atoms with Gasteiger partial charge in [0.05, 0.1) is 17.0 Å². The van der Waals surface area contributed by atoms with Gasteiger partial charge in [-0.3, -0.25) is 24.1 Å². The van der Waals surface area contributed by atoms with Crippen LogP contribution in [0, 0.1) is 5.82 Å². The molecule has 0 atom stereocenters. The van der Waals surface area contributed by atoms with E-state index in [0.29, 0.717) is 24.4 Å². The van der Waals surface area contributed by atoms with Gasteiger partial charge in [-0.2, -0.15) is 0 Å². The number of methoxy groups -OCH3 is 1. The van der Waals surface area contributed by atoms with Gasteiger partial charge in [0.1, 0.15) is 18.9 Å². The second-order valence-corrected chi connectivity index (χ2v) is 9.54. The molecule has 1 aliphatic rings. The molecule has 9 nitrogen and oxygen atoms in total. The van der Waals surface area contributed by atoms with E-state index in [1.807, 2.05) is 29.7 Å². The van der Waals surface area contributed by atoms with Crippen LogP contribution in [-0.4, -0.2) is 59.2 Å². The number of rotatable bonds is 10. The summed E-state index contributed by atoms with van der Waals surface area (Å²) in [7, 11) is 1.56. The summed E-state index contributed by atoms with van der Waals surface area (Å²) in [4.78, 5) is 51.6. The molecule has 1 saturated heterocycles.